The Morgan fingerprint density at radius 1 is 1.45 bits per heavy atom. The monoisotopic (exact) mass is 338 g/mol. The number of benzene rings is 1. The number of rotatable bonds is 5. The number of hydrogen-bond acceptors (Lipinski definition) is 2. The van der Waals surface area contributed by atoms with Crippen LogP contribution in [0.1, 0.15) is 38.2 Å². The first-order chi connectivity index (χ1) is 9.56. The smallest absolute Gasteiger partial charge is 0.220 e. The van der Waals surface area contributed by atoms with Gasteiger partial charge in [0.25, 0.3) is 0 Å². The van der Waals surface area contributed by atoms with Crippen LogP contribution in [0.25, 0.3) is 0 Å². The van der Waals surface area contributed by atoms with Crippen molar-refractivity contribution in [1.29, 1.82) is 0 Å². The molecule has 0 heterocycles. The zero-order valence-electron chi connectivity index (χ0n) is 11.9. The lowest BCUT2D eigenvalue weighted by Crippen LogP contribution is -2.37. The molecule has 0 bridgehead atoms. The molecule has 4 heteroatoms. The molecule has 0 spiro atoms. The summed E-state index contributed by atoms with van der Waals surface area (Å²) >= 11 is 3.54. The molecule has 3 atom stereocenters. The second-order valence-corrected chi connectivity index (χ2v) is 6.68. The molecular formula is C16H23BrN2O. The fraction of sp³-hybridized carbons (Fsp3) is 0.562. The molecule has 20 heavy (non-hydrogen) atoms. The summed E-state index contributed by atoms with van der Waals surface area (Å²) in [5.41, 5.74) is 7.24. The van der Waals surface area contributed by atoms with Crippen LogP contribution in [0, 0.1) is 5.92 Å². The third kappa shape index (κ3) is 4.32. The molecule has 1 amide bonds. The molecule has 1 fully saturated rings. The van der Waals surface area contributed by atoms with Crippen LogP contribution < -0.4 is 11.1 Å². The molecule has 1 aromatic carbocycles. The summed E-state index contributed by atoms with van der Waals surface area (Å²) in [7, 11) is 0. The van der Waals surface area contributed by atoms with Crippen LogP contribution in [-0.4, -0.2) is 18.0 Å². The quantitative estimate of drug-likeness (QED) is 0.866. The average Bonchev–Trinajstić information content (AvgIpc) is 2.77. The van der Waals surface area contributed by atoms with Gasteiger partial charge in [0, 0.05) is 23.0 Å². The summed E-state index contributed by atoms with van der Waals surface area (Å²) in [6.45, 7) is 2.05. The molecule has 1 aromatic rings. The largest absolute Gasteiger partial charge is 0.353 e. The highest BCUT2D eigenvalue weighted by Gasteiger charge is 2.26. The number of nitrogens with two attached hydrogens (primary N) is 1. The Labute approximate surface area is 129 Å². The maximum absolute atomic E-state index is 12.1. The third-order valence-electron chi connectivity index (χ3n) is 4.06. The summed E-state index contributed by atoms with van der Waals surface area (Å²) in [5, 5.41) is 3.09. The first-order valence-electron chi connectivity index (χ1n) is 7.34. The highest BCUT2D eigenvalue weighted by molar-refractivity contribution is 9.10. The van der Waals surface area contributed by atoms with Gasteiger partial charge in [0.2, 0.25) is 5.91 Å². The number of carbonyl (C=O) groups is 1. The maximum Gasteiger partial charge on any atom is 0.220 e. The Morgan fingerprint density at radius 3 is 2.85 bits per heavy atom. The topological polar surface area (TPSA) is 55.1 Å². The molecule has 0 aliphatic heterocycles. The molecule has 1 unspecified atom stereocenters. The van der Waals surface area contributed by atoms with Gasteiger partial charge >= 0.3 is 0 Å². The first-order valence-corrected chi connectivity index (χ1v) is 8.14. The van der Waals surface area contributed by atoms with Gasteiger partial charge in [-0.1, -0.05) is 40.5 Å². The molecule has 1 saturated carbocycles. The van der Waals surface area contributed by atoms with Crippen molar-refractivity contribution in [3.05, 3.63) is 34.3 Å². The van der Waals surface area contributed by atoms with Crippen LogP contribution in [0.5, 0.6) is 0 Å². The number of amides is 1. The van der Waals surface area contributed by atoms with Crippen LogP contribution in [-0.2, 0) is 11.2 Å². The third-order valence-corrected chi connectivity index (χ3v) is 4.83. The van der Waals surface area contributed by atoms with Crippen molar-refractivity contribution in [2.24, 2.45) is 11.7 Å². The first kappa shape index (κ1) is 15.5. The summed E-state index contributed by atoms with van der Waals surface area (Å²) in [4.78, 5) is 12.1. The Hall–Kier alpha value is -0.870. The standard InChI is InChI=1S/C16H23BrN2O/c1-11(9-12-5-2-3-7-14(12)17)19-16(20)10-13-6-4-8-15(13)18/h2-3,5,7,11,13,15H,4,6,8-10,18H2,1H3,(H,19,20)/t11?,13-,15+/m0/s1. The Morgan fingerprint density at radius 2 is 2.20 bits per heavy atom. The van der Waals surface area contributed by atoms with Crippen LogP contribution in [0.4, 0.5) is 0 Å². The highest BCUT2D eigenvalue weighted by atomic mass is 79.9. The summed E-state index contributed by atoms with van der Waals surface area (Å²) in [5.74, 6) is 0.498. The molecule has 110 valence electrons. The van der Waals surface area contributed by atoms with Gasteiger partial charge in [0.05, 0.1) is 0 Å². The van der Waals surface area contributed by atoms with Crippen molar-refractivity contribution in [2.75, 3.05) is 0 Å². The van der Waals surface area contributed by atoms with Crippen molar-refractivity contribution >= 4 is 21.8 Å². The Bertz CT molecular complexity index is 464. The van der Waals surface area contributed by atoms with Crippen LogP contribution in [0.2, 0.25) is 0 Å². The minimum atomic E-state index is 0.131. The lowest BCUT2D eigenvalue weighted by atomic mass is 9.99. The van der Waals surface area contributed by atoms with Crippen LogP contribution >= 0.6 is 15.9 Å². The van der Waals surface area contributed by atoms with E-state index in [1.165, 1.54) is 5.56 Å². The second kappa shape index (κ2) is 7.23. The normalized spacial score (nSPS) is 23.6. The van der Waals surface area contributed by atoms with Gasteiger partial charge < -0.3 is 11.1 Å². The fourth-order valence-corrected chi connectivity index (χ4v) is 3.38. The molecule has 1 aliphatic rings. The van der Waals surface area contributed by atoms with Crippen LogP contribution in [0.15, 0.2) is 28.7 Å². The number of hydrogen-bond donors (Lipinski definition) is 2. The molecule has 0 saturated heterocycles. The van der Waals surface area contributed by atoms with Crippen LogP contribution in [0.3, 0.4) is 0 Å². The molecule has 3 N–H and O–H groups in total. The second-order valence-electron chi connectivity index (χ2n) is 5.82. The maximum atomic E-state index is 12.1. The number of halogens is 1. The van der Waals surface area contributed by atoms with Crippen molar-refractivity contribution < 1.29 is 4.79 Å². The number of carbonyl (C=O) groups excluding carboxylic acids is 1. The average molecular weight is 339 g/mol. The lowest BCUT2D eigenvalue weighted by molar-refractivity contribution is -0.122. The zero-order chi connectivity index (χ0) is 14.5. The van der Waals surface area contributed by atoms with E-state index in [9.17, 15) is 4.79 Å². The van der Waals surface area contributed by atoms with E-state index in [2.05, 4.69) is 27.3 Å². The van der Waals surface area contributed by atoms with Gasteiger partial charge in [-0.2, -0.15) is 0 Å². The molecular weight excluding hydrogens is 316 g/mol. The number of nitrogens with one attached hydrogen (secondary N) is 1. The van der Waals surface area contributed by atoms with Gasteiger partial charge in [-0.3, -0.25) is 4.79 Å². The molecule has 3 nitrogen and oxygen atoms in total. The van der Waals surface area contributed by atoms with Gasteiger partial charge in [0.15, 0.2) is 0 Å². The van der Waals surface area contributed by atoms with Crippen molar-refractivity contribution in [3.63, 3.8) is 0 Å². The van der Waals surface area contributed by atoms with Crippen molar-refractivity contribution in [2.45, 2.75) is 51.1 Å². The van der Waals surface area contributed by atoms with Gasteiger partial charge in [0.1, 0.15) is 0 Å². The van der Waals surface area contributed by atoms with Crippen molar-refractivity contribution in [1.82, 2.24) is 5.32 Å². The van der Waals surface area contributed by atoms with Gasteiger partial charge in [-0.15, -0.1) is 0 Å². The highest BCUT2D eigenvalue weighted by Crippen LogP contribution is 2.26. The van der Waals surface area contributed by atoms with E-state index in [-0.39, 0.29) is 18.0 Å². The van der Waals surface area contributed by atoms with E-state index in [1.807, 2.05) is 25.1 Å². The van der Waals surface area contributed by atoms with E-state index < -0.39 is 0 Å². The predicted molar refractivity (Wildman–Crippen MR) is 85.4 cm³/mol. The molecule has 2 rings (SSSR count). The van der Waals surface area contributed by atoms with E-state index in [0.717, 1.165) is 30.2 Å². The van der Waals surface area contributed by atoms with E-state index in [4.69, 9.17) is 5.73 Å². The predicted octanol–water partition coefficient (Wildman–Crippen LogP) is 3.01. The van der Waals surface area contributed by atoms with Gasteiger partial charge in [-0.25, -0.2) is 0 Å². The van der Waals surface area contributed by atoms with E-state index in [1.54, 1.807) is 0 Å². The summed E-state index contributed by atoms with van der Waals surface area (Å²) in [6, 6.07) is 8.48. The molecule has 1 aliphatic carbocycles. The lowest BCUT2D eigenvalue weighted by Gasteiger charge is -2.18. The van der Waals surface area contributed by atoms with Gasteiger partial charge in [-0.05, 0) is 43.7 Å². The Balaban J connectivity index is 1.80. The molecule has 0 aromatic heterocycles. The van der Waals surface area contributed by atoms with E-state index in [0.29, 0.717) is 12.3 Å². The minimum absolute atomic E-state index is 0.131. The van der Waals surface area contributed by atoms with E-state index >= 15 is 0 Å². The summed E-state index contributed by atoms with van der Waals surface area (Å²) in [6.07, 6.45) is 4.72. The summed E-state index contributed by atoms with van der Waals surface area (Å²) < 4.78 is 1.10. The SMILES string of the molecule is CC(Cc1ccccc1Br)NC(=O)C[C@@H]1CCC[C@H]1N. The molecule has 0 radical (unpaired) electrons. The minimum Gasteiger partial charge on any atom is -0.353 e. The zero-order valence-corrected chi connectivity index (χ0v) is 13.5. The fourth-order valence-electron chi connectivity index (χ4n) is 2.94. The van der Waals surface area contributed by atoms with Crippen molar-refractivity contribution in [3.8, 4) is 0 Å². The Kier molecular flexibility index (Phi) is 5.61.